The van der Waals surface area contributed by atoms with Crippen molar-refractivity contribution in [3.8, 4) is 5.75 Å². The number of rotatable bonds is 7. The Bertz CT molecular complexity index is 848. The van der Waals surface area contributed by atoms with Gasteiger partial charge in [0.2, 0.25) is 5.76 Å². The molecule has 5 nitrogen and oxygen atoms in total. The van der Waals surface area contributed by atoms with Crippen molar-refractivity contribution in [3.05, 3.63) is 65.4 Å². The van der Waals surface area contributed by atoms with E-state index in [1.54, 1.807) is 14.2 Å². The number of furan rings is 1. The maximum Gasteiger partial charge on any atom is 0.374 e. The van der Waals surface area contributed by atoms with E-state index in [0.717, 1.165) is 16.7 Å². The normalized spacial score (nSPS) is 10.8. The van der Waals surface area contributed by atoms with E-state index in [1.807, 2.05) is 48.5 Å². The molecule has 5 heteroatoms. The Morgan fingerprint density at radius 1 is 1.04 bits per heavy atom. The van der Waals surface area contributed by atoms with Crippen LogP contribution in [0.5, 0.6) is 5.75 Å². The first kappa shape index (κ1) is 17.0. The molecule has 0 aliphatic rings. The molecule has 3 aromatic rings. The van der Waals surface area contributed by atoms with Gasteiger partial charge >= 0.3 is 5.97 Å². The van der Waals surface area contributed by atoms with Gasteiger partial charge in [-0.3, -0.25) is 0 Å². The molecule has 0 saturated heterocycles. The van der Waals surface area contributed by atoms with Crippen LogP contribution in [0.1, 0.15) is 21.7 Å². The van der Waals surface area contributed by atoms with E-state index in [2.05, 4.69) is 0 Å². The van der Waals surface area contributed by atoms with Crippen LogP contribution in [0.2, 0.25) is 0 Å². The topological polar surface area (TPSA) is 57.9 Å². The minimum absolute atomic E-state index is 0.206. The molecule has 0 unspecified atom stereocenters. The van der Waals surface area contributed by atoms with Crippen molar-refractivity contribution in [2.24, 2.45) is 0 Å². The number of carbonyl (C=O) groups excluding carboxylic acids is 1. The summed E-state index contributed by atoms with van der Waals surface area (Å²) in [5, 5.41) is 0.867. The van der Waals surface area contributed by atoms with E-state index in [9.17, 15) is 4.79 Å². The Labute approximate surface area is 146 Å². The lowest BCUT2D eigenvalue weighted by Gasteiger charge is -2.06. The number of hydrogen-bond acceptors (Lipinski definition) is 5. The van der Waals surface area contributed by atoms with Gasteiger partial charge in [0.25, 0.3) is 0 Å². The second-order valence-electron chi connectivity index (χ2n) is 5.57. The smallest absolute Gasteiger partial charge is 0.374 e. The van der Waals surface area contributed by atoms with Crippen LogP contribution in [0.25, 0.3) is 11.0 Å². The lowest BCUT2D eigenvalue weighted by atomic mass is 10.1. The number of benzene rings is 2. The maximum absolute atomic E-state index is 12.4. The van der Waals surface area contributed by atoms with Crippen LogP contribution in [0.4, 0.5) is 0 Å². The maximum atomic E-state index is 12.4. The second kappa shape index (κ2) is 7.85. The molecule has 25 heavy (non-hydrogen) atoms. The fourth-order valence-corrected chi connectivity index (χ4v) is 2.67. The number of hydrogen-bond donors (Lipinski definition) is 0. The third-order valence-corrected chi connectivity index (χ3v) is 3.96. The summed E-state index contributed by atoms with van der Waals surface area (Å²) >= 11 is 0. The number of ether oxygens (including phenoxy) is 3. The van der Waals surface area contributed by atoms with Gasteiger partial charge in [0.05, 0.1) is 20.3 Å². The minimum Gasteiger partial charge on any atom is -0.497 e. The van der Waals surface area contributed by atoms with Gasteiger partial charge in [-0.05, 0) is 23.8 Å². The van der Waals surface area contributed by atoms with Crippen LogP contribution in [0.15, 0.2) is 52.9 Å². The van der Waals surface area contributed by atoms with Gasteiger partial charge < -0.3 is 18.6 Å². The number of carbonyl (C=O) groups is 1. The van der Waals surface area contributed by atoms with Crippen molar-refractivity contribution < 1.29 is 23.4 Å². The van der Waals surface area contributed by atoms with Crippen molar-refractivity contribution in [2.75, 3.05) is 20.8 Å². The molecule has 0 fully saturated rings. The van der Waals surface area contributed by atoms with Gasteiger partial charge in [-0.2, -0.15) is 0 Å². The SMILES string of the molecule is COCc1c(C(=O)OCCc2ccc(OC)cc2)oc2ccccc12. The predicted octanol–water partition coefficient (Wildman–Crippen LogP) is 3.99. The molecule has 3 rings (SSSR count). The molecule has 1 aromatic heterocycles. The first-order chi connectivity index (χ1) is 12.2. The largest absolute Gasteiger partial charge is 0.497 e. The number of esters is 1. The van der Waals surface area contributed by atoms with E-state index in [0.29, 0.717) is 24.2 Å². The minimum atomic E-state index is -0.475. The Morgan fingerprint density at radius 2 is 1.80 bits per heavy atom. The molecule has 0 radical (unpaired) electrons. The second-order valence-corrected chi connectivity index (χ2v) is 5.57. The molecule has 130 valence electrons. The van der Waals surface area contributed by atoms with E-state index in [4.69, 9.17) is 18.6 Å². The highest BCUT2D eigenvalue weighted by molar-refractivity contribution is 5.96. The summed E-state index contributed by atoms with van der Waals surface area (Å²) in [7, 11) is 3.21. The molecule has 1 heterocycles. The molecule has 0 aliphatic heterocycles. The molecule has 0 bridgehead atoms. The summed E-state index contributed by atoms with van der Waals surface area (Å²) in [6.07, 6.45) is 0.621. The van der Waals surface area contributed by atoms with Crippen molar-refractivity contribution in [3.63, 3.8) is 0 Å². The van der Waals surface area contributed by atoms with Crippen molar-refractivity contribution in [1.82, 2.24) is 0 Å². The van der Waals surface area contributed by atoms with Gasteiger partial charge in [-0.15, -0.1) is 0 Å². The Balaban J connectivity index is 1.68. The highest BCUT2D eigenvalue weighted by Gasteiger charge is 2.21. The lowest BCUT2D eigenvalue weighted by Crippen LogP contribution is -2.09. The third-order valence-electron chi connectivity index (χ3n) is 3.96. The summed E-state index contributed by atoms with van der Waals surface area (Å²) in [4.78, 5) is 12.4. The highest BCUT2D eigenvalue weighted by Crippen LogP contribution is 2.27. The quantitative estimate of drug-likeness (QED) is 0.609. The van der Waals surface area contributed by atoms with Crippen molar-refractivity contribution in [1.29, 1.82) is 0 Å². The highest BCUT2D eigenvalue weighted by atomic mass is 16.5. The van der Waals surface area contributed by atoms with Gasteiger partial charge in [0.1, 0.15) is 11.3 Å². The van der Waals surface area contributed by atoms with Crippen molar-refractivity contribution in [2.45, 2.75) is 13.0 Å². The molecule has 2 aromatic carbocycles. The Hall–Kier alpha value is -2.79. The fourth-order valence-electron chi connectivity index (χ4n) is 2.67. The lowest BCUT2D eigenvalue weighted by molar-refractivity contribution is 0.0469. The standard InChI is InChI=1S/C20H20O5/c1-22-13-17-16-5-3-4-6-18(16)25-19(17)20(21)24-12-11-14-7-9-15(23-2)10-8-14/h3-10H,11-13H2,1-2H3. The fraction of sp³-hybridized carbons (Fsp3) is 0.250. The third kappa shape index (κ3) is 3.83. The molecule has 0 atom stereocenters. The molecule has 0 N–H and O–H groups in total. The van der Waals surface area contributed by atoms with Crippen molar-refractivity contribution >= 4 is 16.9 Å². The Kier molecular flexibility index (Phi) is 5.36. The zero-order chi connectivity index (χ0) is 17.6. The van der Waals surface area contributed by atoms with Crippen LogP contribution in [-0.4, -0.2) is 26.8 Å². The summed E-state index contributed by atoms with van der Waals surface area (Å²) in [5.41, 5.74) is 2.43. The summed E-state index contributed by atoms with van der Waals surface area (Å²) in [6.45, 7) is 0.564. The monoisotopic (exact) mass is 340 g/mol. The molecule has 0 saturated carbocycles. The van der Waals surface area contributed by atoms with E-state index < -0.39 is 5.97 Å². The van der Waals surface area contributed by atoms with Crippen LogP contribution < -0.4 is 4.74 Å². The average molecular weight is 340 g/mol. The zero-order valence-corrected chi connectivity index (χ0v) is 14.3. The van der Waals surface area contributed by atoms with Gasteiger partial charge in [0, 0.05) is 24.5 Å². The molecule has 0 aliphatic carbocycles. The molecule has 0 amide bonds. The predicted molar refractivity (Wildman–Crippen MR) is 93.9 cm³/mol. The number of fused-ring (bicyclic) bond motifs is 1. The van der Waals surface area contributed by atoms with Crippen LogP contribution in [0.3, 0.4) is 0 Å². The first-order valence-electron chi connectivity index (χ1n) is 8.02. The summed E-state index contributed by atoms with van der Waals surface area (Å²) in [6, 6.07) is 15.1. The van der Waals surface area contributed by atoms with Gasteiger partial charge in [-0.25, -0.2) is 4.79 Å². The van der Waals surface area contributed by atoms with E-state index in [-0.39, 0.29) is 12.4 Å². The van der Waals surface area contributed by atoms with E-state index >= 15 is 0 Å². The first-order valence-corrected chi connectivity index (χ1v) is 8.02. The van der Waals surface area contributed by atoms with Crippen LogP contribution in [0, 0.1) is 0 Å². The Morgan fingerprint density at radius 3 is 2.52 bits per heavy atom. The number of methoxy groups -OCH3 is 2. The van der Waals surface area contributed by atoms with Gasteiger partial charge in [-0.1, -0.05) is 30.3 Å². The van der Waals surface area contributed by atoms with E-state index in [1.165, 1.54) is 0 Å². The zero-order valence-electron chi connectivity index (χ0n) is 14.3. The van der Waals surface area contributed by atoms with Gasteiger partial charge in [0.15, 0.2) is 0 Å². The summed E-state index contributed by atoms with van der Waals surface area (Å²) in [5.74, 6) is 0.529. The molecule has 0 spiro atoms. The average Bonchev–Trinajstić information content (AvgIpc) is 3.01. The number of para-hydroxylation sites is 1. The molecular weight excluding hydrogens is 320 g/mol. The van der Waals surface area contributed by atoms with Crippen LogP contribution in [-0.2, 0) is 22.5 Å². The molecular formula is C20H20O5. The van der Waals surface area contributed by atoms with Crippen LogP contribution >= 0.6 is 0 Å². The summed E-state index contributed by atoms with van der Waals surface area (Å²) < 4.78 is 21.4.